The number of hydrogen-bond donors (Lipinski definition) is 1. The molecular weight excluding hydrogens is 363 g/mol. The largest absolute Gasteiger partial charge is 0.496 e. The molecule has 2 rings (SSSR count). The molecule has 0 amide bonds. The van der Waals surface area contributed by atoms with Gasteiger partial charge < -0.3 is 19.5 Å². The molecule has 0 aromatic heterocycles. The Hall–Kier alpha value is -0.880. The number of nitrogens with zero attached hydrogens (tertiary/aromatic N) is 1. The van der Waals surface area contributed by atoms with E-state index in [9.17, 15) is 0 Å². The first kappa shape index (κ1) is 24.1. The van der Waals surface area contributed by atoms with Crippen LogP contribution in [0.1, 0.15) is 31.9 Å². The summed E-state index contributed by atoms with van der Waals surface area (Å²) < 4.78 is 16.8. The molecule has 0 saturated carbocycles. The number of methoxy groups -OCH3 is 3. The molecule has 0 radical (unpaired) electrons. The van der Waals surface area contributed by atoms with E-state index in [-0.39, 0.29) is 30.9 Å². The molecule has 1 aromatic rings. The minimum absolute atomic E-state index is 0. The van der Waals surface area contributed by atoms with E-state index in [1.54, 1.807) is 21.3 Å². The van der Waals surface area contributed by atoms with E-state index in [1.165, 1.54) is 0 Å². The lowest BCUT2D eigenvalue weighted by Gasteiger charge is -2.39. The summed E-state index contributed by atoms with van der Waals surface area (Å²) in [7, 11) is 5.09. The van der Waals surface area contributed by atoms with Gasteiger partial charge in [-0.2, -0.15) is 0 Å². The molecule has 5 nitrogen and oxygen atoms in total. The van der Waals surface area contributed by atoms with E-state index in [4.69, 9.17) is 14.2 Å². The maximum atomic E-state index is 5.69. The first-order valence-corrected chi connectivity index (χ1v) is 8.40. The van der Waals surface area contributed by atoms with Crippen LogP contribution in [0.15, 0.2) is 12.1 Å². The molecule has 146 valence electrons. The molecule has 1 aliphatic rings. The van der Waals surface area contributed by atoms with Gasteiger partial charge in [-0.1, -0.05) is 20.3 Å². The molecule has 0 spiro atoms. The second kappa shape index (κ2) is 11.7. The van der Waals surface area contributed by atoms with Gasteiger partial charge in [0.2, 0.25) is 0 Å². The summed E-state index contributed by atoms with van der Waals surface area (Å²) >= 11 is 0. The molecular formula is C18H32Cl2N2O3. The zero-order valence-electron chi connectivity index (χ0n) is 15.8. The first-order chi connectivity index (χ1) is 11.2. The Kier molecular flexibility index (Phi) is 11.3. The Morgan fingerprint density at radius 2 is 1.52 bits per heavy atom. The zero-order valence-corrected chi connectivity index (χ0v) is 17.5. The van der Waals surface area contributed by atoms with Gasteiger partial charge in [0, 0.05) is 44.4 Å². The van der Waals surface area contributed by atoms with E-state index in [0.29, 0.717) is 5.92 Å². The SMILES string of the molecule is CCC(C)[C@H](c1c(OC)cc(OC)cc1OC)N1CCNCC1.Cl.Cl. The highest BCUT2D eigenvalue weighted by Gasteiger charge is 2.32. The number of ether oxygens (including phenoxy) is 3. The van der Waals surface area contributed by atoms with Crippen molar-refractivity contribution in [1.29, 1.82) is 0 Å². The van der Waals surface area contributed by atoms with Crippen molar-refractivity contribution in [3.05, 3.63) is 17.7 Å². The first-order valence-electron chi connectivity index (χ1n) is 8.40. The van der Waals surface area contributed by atoms with Crippen LogP contribution in [0.3, 0.4) is 0 Å². The Morgan fingerprint density at radius 1 is 1.00 bits per heavy atom. The van der Waals surface area contributed by atoms with E-state index < -0.39 is 0 Å². The third-order valence-corrected chi connectivity index (χ3v) is 4.78. The summed E-state index contributed by atoms with van der Waals surface area (Å²) in [6, 6.07) is 4.18. The predicted octanol–water partition coefficient (Wildman–Crippen LogP) is 3.55. The van der Waals surface area contributed by atoms with Crippen LogP contribution in [0.4, 0.5) is 0 Å². The Bertz CT molecular complexity index is 486. The number of hydrogen-bond acceptors (Lipinski definition) is 5. The van der Waals surface area contributed by atoms with Crippen molar-refractivity contribution in [3.63, 3.8) is 0 Å². The maximum Gasteiger partial charge on any atom is 0.131 e. The summed E-state index contributed by atoms with van der Waals surface area (Å²) in [5.41, 5.74) is 1.13. The van der Waals surface area contributed by atoms with Crippen molar-refractivity contribution >= 4 is 24.8 Å². The van der Waals surface area contributed by atoms with Gasteiger partial charge in [-0.3, -0.25) is 4.90 Å². The smallest absolute Gasteiger partial charge is 0.131 e. The van der Waals surface area contributed by atoms with Crippen molar-refractivity contribution in [1.82, 2.24) is 10.2 Å². The summed E-state index contributed by atoms with van der Waals surface area (Å²) in [5.74, 6) is 2.94. The predicted molar refractivity (Wildman–Crippen MR) is 107 cm³/mol. The third kappa shape index (κ3) is 5.55. The average molecular weight is 395 g/mol. The van der Waals surface area contributed by atoms with Gasteiger partial charge in [-0.25, -0.2) is 0 Å². The minimum Gasteiger partial charge on any atom is -0.496 e. The fourth-order valence-corrected chi connectivity index (χ4v) is 3.33. The molecule has 1 aromatic carbocycles. The lowest BCUT2D eigenvalue weighted by molar-refractivity contribution is 0.123. The van der Waals surface area contributed by atoms with Crippen molar-refractivity contribution in [2.24, 2.45) is 5.92 Å². The van der Waals surface area contributed by atoms with E-state index >= 15 is 0 Å². The molecule has 1 fully saturated rings. The molecule has 1 saturated heterocycles. The Labute approximate surface area is 164 Å². The molecule has 1 N–H and O–H groups in total. The van der Waals surface area contributed by atoms with E-state index in [1.807, 2.05) is 12.1 Å². The van der Waals surface area contributed by atoms with Gasteiger partial charge in [0.05, 0.1) is 26.9 Å². The van der Waals surface area contributed by atoms with Crippen molar-refractivity contribution < 1.29 is 14.2 Å². The molecule has 7 heteroatoms. The molecule has 0 aliphatic carbocycles. The fraction of sp³-hybridized carbons (Fsp3) is 0.667. The van der Waals surface area contributed by atoms with Crippen LogP contribution in [0, 0.1) is 5.92 Å². The standard InChI is InChI=1S/C18H30N2O3.2ClH/c1-6-13(2)18(20-9-7-19-8-10-20)17-15(22-4)11-14(21-3)12-16(17)23-5;;/h11-13,18-19H,6-10H2,1-5H3;2*1H/t13?,18-;;/m1../s1. The molecule has 1 aliphatic heterocycles. The summed E-state index contributed by atoms with van der Waals surface area (Å²) in [6.07, 6.45) is 1.10. The van der Waals surface area contributed by atoms with Gasteiger partial charge in [0.25, 0.3) is 0 Å². The summed E-state index contributed by atoms with van der Waals surface area (Å²) in [5, 5.41) is 3.43. The van der Waals surface area contributed by atoms with Gasteiger partial charge in [0.15, 0.2) is 0 Å². The number of rotatable bonds is 7. The van der Waals surface area contributed by atoms with Gasteiger partial charge in [-0.05, 0) is 5.92 Å². The highest BCUT2D eigenvalue weighted by atomic mass is 35.5. The fourth-order valence-electron chi connectivity index (χ4n) is 3.33. The van der Waals surface area contributed by atoms with Gasteiger partial charge >= 0.3 is 0 Å². The van der Waals surface area contributed by atoms with Crippen LogP contribution in [-0.4, -0.2) is 52.4 Å². The second-order valence-electron chi connectivity index (χ2n) is 6.06. The van der Waals surface area contributed by atoms with Crippen LogP contribution in [-0.2, 0) is 0 Å². The van der Waals surface area contributed by atoms with Crippen LogP contribution in [0.2, 0.25) is 0 Å². The maximum absolute atomic E-state index is 5.69. The van der Waals surface area contributed by atoms with Crippen LogP contribution < -0.4 is 19.5 Å². The topological polar surface area (TPSA) is 43.0 Å². The molecule has 1 heterocycles. The number of nitrogens with one attached hydrogen (secondary N) is 1. The van der Waals surface area contributed by atoms with Crippen molar-refractivity contribution in [2.45, 2.75) is 26.3 Å². The van der Waals surface area contributed by atoms with Crippen molar-refractivity contribution in [3.8, 4) is 17.2 Å². The zero-order chi connectivity index (χ0) is 16.8. The highest BCUT2D eigenvalue weighted by molar-refractivity contribution is 5.85. The molecule has 0 bridgehead atoms. The minimum atomic E-state index is 0. The quantitative estimate of drug-likeness (QED) is 0.765. The summed E-state index contributed by atoms with van der Waals surface area (Å²) in [6.45, 7) is 8.65. The van der Waals surface area contributed by atoms with Gasteiger partial charge in [-0.15, -0.1) is 24.8 Å². The third-order valence-electron chi connectivity index (χ3n) is 4.78. The lowest BCUT2D eigenvalue weighted by atomic mass is 9.89. The highest BCUT2D eigenvalue weighted by Crippen LogP contribution is 2.44. The average Bonchev–Trinajstić information content (AvgIpc) is 2.62. The summed E-state index contributed by atoms with van der Waals surface area (Å²) in [4.78, 5) is 2.54. The molecule has 1 unspecified atom stereocenters. The second-order valence-corrected chi connectivity index (χ2v) is 6.06. The number of benzene rings is 1. The van der Waals surface area contributed by atoms with E-state index in [0.717, 1.165) is 55.4 Å². The number of halogens is 2. The normalized spacial score (nSPS) is 16.8. The van der Waals surface area contributed by atoms with Crippen molar-refractivity contribution in [2.75, 3.05) is 47.5 Å². The number of piperazine rings is 1. The van der Waals surface area contributed by atoms with E-state index in [2.05, 4.69) is 24.1 Å². The molecule has 2 atom stereocenters. The van der Waals surface area contributed by atoms with Gasteiger partial charge in [0.1, 0.15) is 17.2 Å². The molecule has 25 heavy (non-hydrogen) atoms. The Balaban J connectivity index is 0.00000288. The van der Waals surface area contributed by atoms with Crippen LogP contribution in [0.5, 0.6) is 17.2 Å². The Morgan fingerprint density at radius 3 is 1.92 bits per heavy atom. The monoisotopic (exact) mass is 394 g/mol. The van der Waals surface area contributed by atoms with Crippen LogP contribution >= 0.6 is 24.8 Å². The lowest BCUT2D eigenvalue weighted by Crippen LogP contribution is -2.46. The van der Waals surface area contributed by atoms with Crippen LogP contribution in [0.25, 0.3) is 0 Å².